The highest BCUT2D eigenvalue weighted by molar-refractivity contribution is 5.94. The van der Waals surface area contributed by atoms with E-state index in [1.807, 2.05) is 31.2 Å². The molecular formula is C16H18N2O3. The highest BCUT2D eigenvalue weighted by atomic mass is 16.6. The van der Waals surface area contributed by atoms with E-state index >= 15 is 0 Å². The van der Waals surface area contributed by atoms with E-state index in [2.05, 4.69) is 9.99 Å². The standard InChI is InChI=1S/C16H18N2O3/c1-12-4-9-15(21-12)11-18(2)16(19)14-7-5-13(6-8-14)10-17-20-3/h4-10H,11H2,1-3H3/b17-10+. The summed E-state index contributed by atoms with van der Waals surface area (Å²) < 4.78 is 5.48. The second kappa shape index (κ2) is 6.74. The van der Waals surface area contributed by atoms with Crippen molar-refractivity contribution in [3.63, 3.8) is 0 Å². The zero-order valence-electron chi connectivity index (χ0n) is 12.4. The van der Waals surface area contributed by atoms with E-state index in [0.717, 1.165) is 17.1 Å². The monoisotopic (exact) mass is 286 g/mol. The minimum atomic E-state index is -0.0562. The van der Waals surface area contributed by atoms with Gasteiger partial charge in [0.05, 0.1) is 12.8 Å². The molecule has 0 saturated heterocycles. The average molecular weight is 286 g/mol. The molecule has 0 fully saturated rings. The number of hydrogen-bond acceptors (Lipinski definition) is 4. The molecule has 1 aromatic heterocycles. The van der Waals surface area contributed by atoms with E-state index in [1.165, 1.54) is 7.11 Å². The topological polar surface area (TPSA) is 55.0 Å². The minimum Gasteiger partial charge on any atom is -0.464 e. The Hall–Kier alpha value is -2.56. The van der Waals surface area contributed by atoms with Crippen LogP contribution in [-0.4, -0.2) is 31.2 Å². The van der Waals surface area contributed by atoms with Crippen LogP contribution < -0.4 is 0 Å². The van der Waals surface area contributed by atoms with Gasteiger partial charge in [0.25, 0.3) is 5.91 Å². The molecule has 2 rings (SSSR count). The normalized spacial score (nSPS) is 10.8. The van der Waals surface area contributed by atoms with Crippen molar-refractivity contribution in [3.8, 4) is 0 Å². The molecule has 0 aliphatic heterocycles. The molecule has 0 aliphatic carbocycles. The first-order chi connectivity index (χ1) is 10.1. The van der Waals surface area contributed by atoms with E-state index in [9.17, 15) is 4.79 Å². The van der Waals surface area contributed by atoms with Gasteiger partial charge in [0.15, 0.2) is 0 Å². The lowest BCUT2D eigenvalue weighted by Crippen LogP contribution is -2.25. The Bertz CT molecular complexity index is 629. The predicted octanol–water partition coefficient (Wildman–Crippen LogP) is 2.84. The zero-order valence-corrected chi connectivity index (χ0v) is 12.4. The van der Waals surface area contributed by atoms with Crippen LogP contribution in [0.1, 0.15) is 27.4 Å². The number of carbonyl (C=O) groups is 1. The van der Waals surface area contributed by atoms with Crippen molar-refractivity contribution in [1.82, 2.24) is 4.90 Å². The molecule has 5 nitrogen and oxygen atoms in total. The smallest absolute Gasteiger partial charge is 0.254 e. The van der Waals surface area contributed by atoms with Crippen LogP contribution in [0.25, 0.3) is 0 Å². The Kier molecular flexibility index (Phi) is 4.77. The number of amides is 1. The number of oxime groups is 1. The molecule has 0 N–H and O–H groups in total. The minimum absolute atomic E-state index is 0.0562. The van der Waals surface area contributed by atoms with Gasteiger partial charge in [0.2, 0.25) is 0 Å². The maximum absolute atomic E-state index is 12.3. The summed E-state index contributed by atoms with van der Waals surface area (Å²) >= 11 is 0. The van der Waals surface area contributed by atoms with Gasteiger partial charge in [0.1, 0.15) is 18.6 Å². The molecule has 0 bridgehead atoms. The number of rotatable bonds is 5. The predicted molar refractivity (Wildman–Crippen MR) is 80.3 cm³/mol. The van der Waals surface area contributed by atoms with E-state index in [1.54, 1.807) is 30.3 Å². The van der Waals surface area contributed by atoms with Gasteiger partial charge in [-0.15, -0.1) is 0 Å². The number of aryl methyl sites for hydroxylation is 1. The molecule has 0 aliphatic rings. The van der Waals surface area contributed by atoms with Gasteiger partial charge in [-0.3, -0.25) is 4.79 Å². The van der Waals surface area contributed by atoms with Gasteiger partial charge in [-0.25, -0.2) is 0 Å². The maximum atomic E-state index is 12.3. The first-order valence-electron chi connectivity index (χ1n) is 6.57. The fourth-order valence-corrected chi connectivity index (χ4v) is 1.92. The maximum Gasteiger partial charge on any atom is 0.254 e. The van der Waals surface area contributed by atoms with Crippen LogP contribution in [0.15, 0.2) is 46.0 Å². The molecule has 0 saturated carbocycles. The summed E-state index contributed by atoms with van der Waals surface area (Å²) in [7, 11) is 3.24. The van der Waals surface area contributed by atoms with Gasteiger partial charge in [-0.2, -0.15) is 0 Å². The molecule has 1 aromatic carbocycles. The fourth-order valence-electron chi connectivity index (χ4n) is 1.92. The number of carbonyl (C=O) groups excluding carboxylic acids is 1. The summed E-state index contributed by atoms with van der Waals surface area (Å²) in [6.45, 7) is 2.32. The van der Waals surface area contributed by atoms with Gasteiger partial charge in [-0.05, 0) is 36.8 Å². The molecule has 21 heavy (non-hydrogen) atoms. The average Bonchev–Trinajstić information content (AvgIpc) is 2.90. The van der Waals surface area contributed by atoms with Crippen molar-refractivity contribution < 1.29 is 14.0 Å². The highest BCUT2D eigenvalue weighted by Crippen LogP contribution is 2.12. The van der Waals surface area contributed by atoms with Crippen molar-refractivity contribution in [2.24, 2.45) is 5.16 Å². The Morgan fingerprint density at radius 3 is 2.57 bits per heavy atom. The second-order valence-corrected chi connectivity index (χ2v) is 4.71. The van der Waals surface area contributed by atoms with Crippen molar-refractivity contribution in [3.05, 3.63) is 59.0 Å². The lowest BCUT2D eigenvalue weighted by molar-refractivity contribution is 0.0775. The van der Waals surface area contributed by atoms with Crippen LogP contribution in [0.4, 0.5) is 0 Å². The van der Waals surface area contributed by atoms with Crippen LogP contribution in [-0.2, 0) is 11.4 Å². The number of furan rings is 1. The summed E-state index contributed by atoms with van der Waals surface area (Å²) in [5, 5.41) is 3.68. The highest BCUT2D eigenvalue weighted by Gasteiger charge is 2.13. The van der Waals surface area contributed by atoms with Crippen LogP contribution in [0.3, 0.4) is 0 Å². The van der Waals surface area contributed by atoms with Gasteiger partial charge in [-0.1, -0.05) is 17.3 Å². The molecule has 1 amide bonds. The summed E-state index contributed by atoms with van der Waals surface area (Å²) in [4.78, 5) is 18.5. The van der Waals surface area contributed by atoms with Crippen LogP contribution in [0.2, 0.25) is 0 Å². The first kappa shape index (κ1) is 14.8. The third kappa shape index (κ3) is 3.95. The van der Waals surface area contributed by atoms with E-state index in [4.69, 9.17) is 4.42 Å². The summed E-state index contributed by atoms with van der Waals surface area (Å²) in [6.07, 6.45) is 1.59. The van der Waals surface area contributed by atoms with E-state index < -0.39 is 0 Å². The second-order valence-electron chi connectivity index (χ2n) is 4.71. The SMILES string of the molecule is CO/N=C/c1ccc(C(=O)N(C)Cc2ccc(C)o2)cc1. The van der Waals surface area contributed by atoms with Crippen LogP contribution in [0.5, 0.6) is 0 Å². The summed E-state index contributed by atoms with van der Waals surface area (Å²) in [5.41, 5.74) is 1.49. The molecule has 110 valence electrons. The van der Waals surface area contributed by atoms with Crippen molar-refractivity contribution in [2.45, 2.75) is 13.5 Å². The van der Waals surface area contributed by atoms with Crippen molar-refractivity contribution in [1.29, 1.82) is 0 Å². The molecule has 0 atom stereocenters. The Morgan fingerprint density at radius 1 is 1.29 bits per heavy atom. The summed E-state index contributed by atoms with van der Waals surface area (Å²) in [5.74, 6) is 1.55. The quantitative estimate of drug-likeness (QED) is 0.627. The Morgan fingerprint density at radius 2 is 2.00 bits per heavy atom. The van der Waals surface area contributed by atoms with Gasteiger partial charge >= 0.3 is 0 Å². The van der Waals surface area contributed by atoms with Crippen LogP contribution >= 0.6 is 0 Å². The van der Waals surface area contributed by atoms with Crippen molar-refractivity contribution >= 4 is 12.1 Å². The van der Waals surface area contributed by atoms with Crippen molar-refractivity contribution in [2.75, 3.05) is 14.2 Å². The summed E-state index contributed by atoms with van der Waals surface area (Å²) in [6, 6.07) is 10.9. The molecule has 0 radical (unpaired) electrons. The molecular weight excluding hydrogens is 268 g/mol. The van der Waals surface area contributed by atoms with E-state index in [0.29, 0.717) is 12.1 Å². The fraction of sp³-hybridized carbons (Fsp3) is 0.250. The molecule has 2 aromatic rings. The van der Waals surface area contributed by atoms with E-state index in [-0.39, 0.29) is 5.91 Å². The largest absolute Gasteiger partial charge is 0.464 e. The zero-order chi connectivity index (χ0) is 15.2. The lowest BCUT2D eigenvalue weighted by Gasteiger charge is -2.15. The molecule has 1 heterocycles. The first-order valence-corrected chi connectivity index (χ1v) is 6.57. The lowest BCUT2D eigenvalue weighted by atomic mass is 10.1. The van der Waals surface area contributed by atoms with Crippen LogP contribution in [0, 0.1) is 6.92 Å². The molecule has 5 heteroatoms. The third-order valence-electron chi connectivity index (χ3n) is 3.00. The molecule has 0 spiro atoms. The number of nitrogens with zero attached hydrogens (tertiary/aromatic N) is 2. The number of hydrogen-bond donors (Lipinski definition) is 0. The molecule has 0 unspecified atom stereocenters. The Labute approximate surface area is 123 Å². The van der Waals surface area contributed by atoms with Gasteiger partial charge in [0, 0.05) is 12.6 Å². The third-order valence-corrected chi connectivity index (χ3v) is 3.00. The Balaban J connectivity index is 2.03. The van der Waals surface area contributed by atoms with Gasteiger partial charge < -0.3 is 14.2 Å². The number of benzene rings is 1.